The molecule has 0 aliphatic carbocycles. The van der Waals surface area contributed by atoms with Crippen LogP contribution in [0.15, 0.2) is 52.6 Å². The number of amides is 1. The summed E-state index contributed by atoms with van der Waals surface area (Å²) < 4.78 is 26.5. The van der Waals surface area contributed by atoms with E-state index in [1.807, 2.05) is 32.0 Å². The van der Waals surface area contributed by atoms with E-state index in [1.54, 1.807) is 11.4 Å². The second-order valence-electron chi connectivity index (χ2n) is 5.38. The lowest BCUT2D eigenvalue weighted by Gasteiger charge is -2.19. The Balaban J connectivity index is 2.15. The highest BCUT2D eigenvalue weighted by molar-refractivity contribution is 7.91. The zero-order valence-electron chi connectivity index (χ0n) is 13.7. The molecule has 7 heteroatoms. The number of aryl methyl sites for hydroxylation is 2. The summed E-state index contributed by atoms with van der Waals surface area (Å²) in [6, 6.07) is 8.86. The summed E-state index contributed by atoms with van der Waals surface area (Å²) in [6.45, 7) is 7.25. The second kappa shape index (κ2) is 7.74. The highest BCUT2D eigenvalue weighted by Gasteiger charge is 2.26. The van der Waals surface area contributed by atoms with Crippen LogP contribution in [0.4, 0.5) is 5.69 Å². The van der Waals surface area contributed by atoms with Crippen LogP contribution in [0.3, 0.4) is 0 Å². The van der Waals surface area contributed by atoms with Crippen molar-refractivity contribution in [1.29, 1.82) is 0 Å². The highest BCUT2D eigenvalue weighted by Crippen LogP contribution is 2.21. The third kappa shape index (κ3) is 4.31. The molecule has 1 amide bonds. The Morgan fingerprint density at radius 3 is 2.67 bits per heavy atom. The van der Waals surface area contributed by atoms with Crippen LogP contribution in [0.5, 0.6) is 0 Å². The SMILES string of the molecule is C=CCN(CC(=O)Nc1ccc(C)cc1C)S(=O)(=O)c1cccs1. The molecular weight excluding hydrogens is 344 g/mol. The van der Waals surface area contributed by atoms with E-state index in [1.165, 1.54) is 12.1 Å². The molecule has 0 bridgehead atoms. The summed E-state index contributed by atoms with van der Waals surface area (Å²) in [5, 5.41) is 4.46. The molecule has 0 saturated carbocycles. The number of nitrogens with zero attached hydrogens (tertiary/aromatic N) is 1. The summed E-state index contributed by atoms with van der Waals surface area (Å²) in [4.78, 5) is 12.3. The van der Waals surface area contributed by atoms with Crippen molar-refractivity contribution in [3.63, 3.8) is 0 Å². The van der Waals surface area contributed by atoms with E-state index in [2.05, 4.69) is 11.9 Å². The smallest absolute Gasteiger partial charge is 0.253 e. The van der Waals surface area contributed by atoms with Gasteiger partial charge in [0.1, 0.15) is 4.21 Å². The zero-order chi connectivity index (χ0) is 17.7. The molecule has 2 aromatic rings. The second-order valence-corrected chi connectivity index (χ2v) is 8.50. The average molecular weight is 364 g/mol. The van der Waals surface area contributed by atoms with Crippen LogP contribution >= 0.6 is 11.3 Å². The maximum absolute atomic E-state index is 12.6. The van der Waals surface area contributed by atoms with Gasteiger partial charge in [0.15, 0.2) is 0 Å². The van der Waals surface area contributed by atoms with Crippen molar-refractivity contribution in [1.82, 2.24) is 4.31 Å². The fraction of sp³-hybridized carbons (Fsp3) is 0.235. The maximum Gasteiger partial charge on any atom is 0.253 e. The monoisotopic (exact) mass is 364 g/mol. The van der Waals surface area contributed by atoms with Gasteiger partial charge in [0.2, 0.25) is 5.91 Å². The normalized spacial score (nSPS) is 11.5. The lowest BCUT2D eigenvalue weighted by Crippen LogP contribution is -2.37. The van der Waals surface area contributed by atoms with Crippen molar-refractivity contribution in [3.8, 4) is 0 Å². The van der Waals surface area contributed by atoms with Crippen molar-refractivity contribution >= 4 is 33.0 Å². The molecule has 24 heavy (non-hydrogen) atoms. The van der Waals surface area contributed by atoms with Crippen molar-refractivity contribution in [3.05, 3.63) is 59.5 Å². The minimum absolute atomic E-state index is 0.0700. The molecule has 0 aliphatic rings. The Labute approximate surface area is 146 Å². The molecule has 0 aliphatic heterocycles. The first-order chi connectivity index (χ1) is 11.3. The van der Waals surface area contributed by atoms with Gasteiger partial charge in [0, 0.05) is 12.2 Å². The van der Waals surface area contributed by atoms with Gasteiger partial charge in [-0.25, -0.2) is 8.42 Å². The number of hydrogen-bond acceptors (Lipinski definition) is 4. The van der Waals surface area contributed by atoms with Crippen LogP contribution in [-0.4, -0.2) is 31.7 Å². The van der Waals surface area contributed by atoms with E-state index in [0.29, 0.717) is 5.69 Å². The van der Waals surface area contributed by atoms with Gasteiger partial charge in [-0.15, -0.1) is 17.9 Å². The van der Waals surface area contributed by atoms with Crippen LogP contribution in [0, 0.1) is 13.8 Å². The molecule has 1 aromatic carbocycles. The van der Waals surface area contributed by atoms with Crippen molar-refractivity contribution in [2.75, 3.05) is 18.4 Å². The summed E-state index contributed by atoms with van der Waals surface area (Å²) in [7, 11) is -3.70. The Kier molecular flexibility index (Phi) is 5.93. The fourth-order valence-electron chi connectivity index (χ4n) is 2.23. The zero-order valence-corrected chi connectivity index (χ0v) is 15.3. The van der Waals surface area contributed by atoms with Crippen molar-refractivity contribution in [2.24, 2.45) is 0 Å². The number of sulfonamides is 1. The number of anilines is 1. The topological polar surface area (TPSA) is 66.5 Å². The minimum Gasteiger partial charge on any atom is -0.325 e. The van der Waals surface area contributed by atoms with Crippen LogP contribution in [0.25, 0.3) is 0 Å². The van der Waals surface area contributed by atoms with E-state index in [0.717, 1.165) is 26.8 Å². The standard InChI is InChI=1S/C17H20N2O3S2/c1-4-9-19(24(21,22)17-6-5-10-23-17)12-16(20)18-15-8-7-13(2)11-14(15)3/h4-8,10-11H,1,9,12H2,2-3H3,(H,18,20). The molecular formula is C17H20N2O3S2. The van der Waals surface area contributed by atoms with Crippen LogP contribution < -0.4 is 5.32 Å². The molecule has 2 rings (SSSR count). The molecule has 0 saturated heterocycles. The van der Waals surface area contributed by atoms with Gasteiger partial charge in [0.25, 0.3) is 10.0 Å². The Morgan fingerprint density at radius 2 is 2.08 bits per heavy atom. The van der Waals surface area contributed by atoms with Gasteiger partial charge in [0.05, 0.1) is 6.54 Å². The van der Waals surface area contributed by atoms with Gasteiger partial charge < -0.3 is 5.32 Å². The molecule has 128 valence electrons. The predicted molar refractivity (Wildman–Crippen MR) is 97.8 cm³/mol. The third-order valence-electron chi connectivity index (χ3n) is 3.40. The predicted octanol–water partition coefficient (Wildman–Crippen LogP) is 3.18. The summed E-state index contributed by atoms with van der Waals surface area (Å²) in [6.07, 6.45) is 1.47. The summed E-state index contributed by atoms with van der Waals surface area (Å²) >= 11 is 1.12. The molecule has 0 radical (unpaired) electrons. The quantitative estimate of drug-likeness (QED) is 0.767. The average Bonchev–Trinajstić information content (AvgIpc) is 3.05. The van der Waals surface area contributed by atoms with Gasteiger partial charge in [-0.05, 0) is 36.9 Å². The lowest BCUT2D eigenvalue weighted by molar-refractivity contribution is -0.116. The van der Waals surface area contributed by atoms with Crippen LogP contribution in [-0.2, 0) is 14.8 Å². The van der Waals surface area contributed by atoms with E-state index >= 15 is 0 Å². The maximum atomic E-state index is 12.6. The van der Waals surface area contributed by atoms with E-state index in [4.69, 9.17) is 0 Å². The number of benzene rings is 1. The number of carbonyl (C=O) groups excluding carboxylic acids is 1. The first-order valence-corrected chi connectivity index (χ1v) is 9.68. The summed E-state index contributed by atoms with van der Waals surface area (Å²) in [5.74, 6) is -0.385. The minimum atomic E-state index is -3.70. The largest absolute Gasteiger partial charge is 0.325 e. The number of rotatable bonds is 7. The van der Waals surface area contributed by atoms with Crippen LogP contribution in [0.1, 0.15) is 11.1 Å². The molecule has 5 nitrogen and oxygen atoms in total. The Bertz CT molecular complexity index is 828. The molecule has 0 unspecified atom stereocenters. The first kappa shape index (κ1) is 18.4. The molecule has 1 heterocycles. The number of thiophene rings is 1. The molecule has 1 N–H and O–H groups in total. The molecule has 1 aromatic heterocycles. The number of hydrogen-bond donors (Lipinski definition) is 1. The van der Waals surface area contributed by atoms with Crippen molar-refractivity contribution in [2.45, 2.75) is 18.1 Å². The fourth-order valence-corrected chi connectivity index (χ4v) is 4.74. The van der Waals surface area contributed by atoms with E-state index in [9.17, 15) is 13.2 Å². The molecule has 0 spiro atoms. The highest BCUT2D eigenvalue weighted by atomic mass is 32.2. The molecule has 0 atom stereocenters. The van der Waals surface area contributed by atoms with Gasteiger partial charge in [-0.2, -0.15) is 4.31 Å². The van der Waals surface area contributed by atoms with Crippen LogP contribution in [0.2, 0.25) is 0 Å². The number of nitrogens with one attached hydrogen (secondary N) is 1. The van der Waals surface area contributed by atoms with Crippen molar-refractivity contribution < 1.29 is 13.2 Å². The Hall–Kier alpha value is -1.96. The third-order valence-corrected chi connectivity index (χ3v) is 6.58. The van der Waals surface area contributed by atoms with E-state index in [-0.39, 0.29) is 23.2 Å². The number of carbonyl (C=O) groups is 1. The molecule has 0 fully saturated rings. The van der Waals surface area contributed by atoms with Gasteiger partial charge in [-0.3, -0.25) is 4.79 Å². The van der Waals surface area contributed by atoms with E-state index < -0.39 is 10.0 Å². The van der Waals surface area contributed by atoms with Gasteiger partial charge >= 0.3 is 0 Å². The summed E-state index contributed by atoms with van der Waals surface area (Å²) in [5.41, 5.74) is 2.71. The first-order valence-electron chi connectivity index (χ1n) is 7.36. The Morgan fingerprint density at radius 1 is 1.33 bits per heavy atom. The lowest BCUT2D eigenvalue weighted by atomic mass is 10.1. The van der Waals surface area contributed by atoms with Gasteiger partial charge in [-0.1, -0.05) is 29.8 Å².